The Bertz CT molecular complexity index is 772. The molecule has 1 heterocycles. The summed E-state index contributed by atoms with van der Waals surface area (Å²) in [5.74, 6) is 0.679. The molecule has 1 aromatic carbocycles. The van der Waals surface area contributed by atoms with Gasteiger partial charge >= 0.3 is 0 Å². The van der Waals surface area contributed by atoms with E-state index in [2.05, 4.69) is 43.4 Å². The first-order valence-corrected chi connectivity index (χ1v) is 9.22. The highest BCUT2D eigenvalue weighted by atomic mass is 32.2. The highest BCUT2D eigenvalue weighted by molar-refractivity contribution is 7.99. The number of carbonyl (C=O) groups is 1. The lowest BCUT2D eigenvalue weighted by Crippen LogP contribution is -2.12. The Labute approximate surface area is 145 Å². The summed E-state index contributed by atoms with van der Waals surface area (Å²) in [4.78, 5) is 14.3. The van der Waals surface area contributed by atoms with Gasteiger partial charge in [0.2, 0.25) is 5.91 Å². The first-order chi connectivity index (χ1) is 10.9. The molecule has 0 bridgehead atoms. The molecule has 0 unspecified atom stereocenters. The Morgan fingerprint density at radius 3 is 2.65 bits per heavy atom. The van der Waals surface area contributed by atoms with Crippen molar-refractivity contribution in [1.29, 1.82) is 5.26 Å². The smallest absolute Gasteiger partial charge is 0.225 e. The number of amides is 1. The summed E-state index contributed by atoms with van der Waals surface area (Å²) in [6.45, 7) is 8.06. The summed E-state index contributed by atoms with van der Waals surface area (Å²) in [6.07, 6.45) is 0.429. The molecule has 0 aliphatic carbocycles. The minimum atomic E-state index is -0.0425. The molecule has 1 aromatic heterocycles. The van der Waals surface area contributed by atoms with E-state index in [0.717, 1.165) is 16.2 Å². The van der Waals surface area contributed by atoms with E-state index in [0.29, 0.717) is 17.0 Å². The molecular formula is C18H20N2OS2. The van der Waals surface area contributed by atoms with Crippen LogP contribution in [0.5, 0.6) is 0 Å². The van der Waals surface area contributed by atoms with E-state index in [-0.39, 0.29) is 5.91 Å². The average Bonchev–Trinajstić information content (AvgIpc) is 2.77. The molecule has 0 aliphatic heterocycles. The Balaban J connectivity index is 1.89. The van der Waals surface area contributed by atoms with Crippen molar-refractivity contribution in [3.8, 4) is 6.07 Å². The molecule has 120 valence electrons. The van der Waals surface area contributed by atoms with Crippen LogP contribution in [0.15, 0.2) is 23.1 Å². The molecule has 1 amide bonds. The maximum absolute atomic E-state index is 12.1. The molecule has 5 heteroatoms. The quantitative estimate of drug-likeness (QED) is 0.779. The van der Waals surface area contributed by atoms with E-state index in [1.165, 1.54) is 27.4 Å². The molecule has 0 atom stereocenters. The summed E-state index contributed by atoms with van der Waals surface area (Å²) < 4.78 is 0. The first kappa shape index (κ1) is 17.6. The second-order valence-electron chi connectivity index (χ2n) is 5.49. The molecule has 0 fully saturated rings. The molecule has 2 aromatic rings. The van der Waals surface area contributed by atoms with Gasteiger partial charge in [-0.05, 0) is 56.5 Å². The van der Waals surface area contributed by atoms with Gasteiger partial charge in [-0.1, -0.05) is 6.07 Å². The number of nitrogens with zero attached hydrogens (tertiary/aromatic N) is 1. The standard InChI is InChI=1S/C18H20N2OS2/c1-11-5-6-15(9-12(11)2)22-8-7-17(21)20-18-16(10-19)13(3)14(4)23-18/h5-6,9H,7-8H2,1-4H3,(H,20,21). The molecule has 0 saturated carbocycles. The van der Waals surface area contributed by atoms with Crippen LogP contribution in [0.4, 0.5) is 5.00 Å². The highest BCUT2D eigenvalue weighted by Gasteiger charge is 2.14. The highest BCUT2D eigenvalue weighted by Crippen LogP contribution is 2.31. The van der Waals surface area contributed by atoms with E-state index >= 15 is 0 Å². The number of thioether (sulfide) groups is 1. The van der Waals surface area contributed by atoms with Crippen LogP contribution in [0, 0.1) is 39.0 Å². The number of benzene rings is 1. The number of aryl methyl sites for hydroxylation is 3. The maximum atomic E-state index is 12.1. The van der Waals surface area contributed by atoms with Crippen molar-refractivity contribution in [1.82, 2.24) is 0 Å². The van der Waals surface area contributed by atoms with Crippen molar-refractivity contribution in [3.63, 3.8) is 0 Å². The molecule has 0 saturated heterocycles. The fourth-order valence-electron chi connectivity index (χ4n) is 2.10. The van der Waals surface area contributed by atoms with Gasteiger partial charge in [-0.2, -0.15) is 5.26 Å². The molecule has 3 nitrogen and oxygen atoms in total. The molecule has 23 heavy (non-hydrogen) atoms. The number of carbonyl (C=O) groups excluding carboxylic acids is 1. The zero-order valence-corrected chi connectivity index (χ0v) is 15.5. The zero-order valence-electron chi connectivity index (χ0n) is 13.8. The first-order valence-electron chi connectivity index (χ1n) is 7.42. The van der Waals surface area contributed by atoms with Crippen molar-refractivity contribution >= 4 is 34.0 Å². The second-order valence-corrected chi connectivity index (χ2v) is 7.88. The van der Waals surface area contributed by atoms with E-state index in [9.17, 15) is 10.1 Å². The lowest BCUT2D eigenvalue weighted by atomic mass is 10.1. The van der Waals surface area contributed by atoms with Crippen LogP contribution in [-0.2, 0) is 4.79 Å². The largest absolute Gasteiger partial charge is 0.317 e. The number of thiophene rings is 1. The molecular weight excluding hydrogens is 324 g/mol. The van der Waals surface area contributed by atoms with Gasteiger partial charge in [0.1, 0.15) is 11.1 Å². The van der Waals surface area contributed by atoms with Crippen LogP contribution in [0.2, 0.25) is 0 Å². The summed E-state index contributed by atoms with van der Waals surface area (Å²) in [7, 11) is 0. The summed E-state index contributed by atoms with van der Waals surface area (Å²) in [6, 6.07) is 8.52. The molecule has 2 rings (SSSR count). The van der Waals surface area contributed by atoms with Gasteiger partial charge in [0.25, 0.3) is 0 Å². The SMILES string of the molecule is Cc1ccc(SCCC(=O)Nc2sc(C)c(C)c2C#N)cc1C. The number of nitriles is 1. The molecule has 0 radical (unpaired) electrons. The molecule has 1 N–H and O–H groups in total. The van der Waals surface area contributed by atoms with Crippen LogP contribution >= 0.6 is 23.1 Å². The van der Waals surface area contributed by atoms with Crippen molar-refractivity contribution < 1.29 is 4.79 Å². The summed E-state index contributed by atoms with van der Waals surface area (Å²) >= 11 is 3.14. The third kappa shape index (κ3) is 4.37. The van der Waals surface area contributed by atoms with Crippen molar-refractivity contribution in [3.05, 3.63) is 45.3 Å². The Morgan fingerprint density at radius 1 is 1.26 bits per heavy atom. The summed E-state index contributed by atoms with van der Waals surface area (Å²) in [5, 5.41) is 12.7. The van der Waals surface area contributed by atoms with Gasteiger partial charge in [0.15, 0.2) is 0 Å². The predicted molar refractivity (Wildman–Crippen MR) is 98.4 cm³/mol. The van der Waals surface area contributed by atoms with Gasteiger partial charge in [-0.3, -0.25) is 4.79 Å². The Kier molecular flexibility index (Phi) is 5.86. The van der Waals surface area contributed by atoms with Crippen molar-refractivity contribution in [2.45, 2.75) is 39.0 Å². The number of hydrogen-bond donors (Lipinski definition) is 1. The van der Waals surface area contributed by atoms with Gasteiger partial charge in [0.05, 0.1) is 5.56 Å². The number of rotatable bonds is 5. The molecule has 0 spiro atoms. The second kappa shape index (κ2) is 7.67. The number of nitrogens with one attached hydrogen (secondary N) is 1. The lowest BCUT2D eigenvalue weighted by Gasteiger charge is -2.06. The van der Waals surface area contributed by atoms with Gasteiger partial charge in [0, 0.05) is 21.9 Å². The Hall–Kier alpha value is -1.77. The minimum Gasteiger partial charge on any atom is -0.317 e. The van der Waals surface area contributed by atoms with Gasteiger partial charge in [-0.15, -0.1) is 23.1 Å². The van der Waals surface area contributed by atoms with Crippen molar-refractivity contribution in [2.24, 2.45) is 0 Å². The minimum absolute atomic E-state index is 0.0425. The van der Waals surface area contributed by atoms with E-state index in [1.807, 2.05) is 13.8 Å². The van der Waals surface area contributed by atoms with E-state index in [1.54, 1.807) is 11.8 Å². The third-order valence-electron chi connectivity index (χ3n) is 3.83. The number of anilines is 1. The Morgan fingerprint density at radius 2 is 2.00 bits per heavy atom. The van der Waals surface area contributed by atoms with Gasteiger partial charge in [-0.25, -0.2) is 0 Å². The van der Waals surface area contributed by atoms with E-state index < -0.39 is 0 Å². The monoisotopic (exact) mass is 344 g/mol. The molecule has 0 aliphatic rings. The summed E-state index contributed by atoms with van der Waals surface area (Å²) in [5.41, 5.74) is 4.09. The van der Waals surface area contributed by atoms with Crippen molar-refractivity contribution in [2.75, 3.05) is 11.1 Å². The fraction of sp³-hybridized carbons (Fsp3) is 0.333. The number of hydrogen-bond acceptors (Lipinski definition) is 4. The normalized spacial score (nSPS) is 10.4. The van der Waals surface area contributed by atoms with Gasteiger partial charge < -0.3 is 5.32 Å². The lowest BCUT2D eigenvalue weighted by molar-refractivity contribution is -0.115. The fourth-order valence-corrected chi connectivity index (χ4v) is 4.08. The van der Waals surface area contributed by atoms with Crippen LogP contribution in [-0.4, -0.2) is 11.7 Å². The third-order valence-corrected chi connectivity index (χ3v) is 5.94. The van der Waals surface area contributed by atoms with Crippen LogP contribution < -0.4 is 5.32 Å². The maximum Gasteiger partial charge on any atom is 0.225 e. The van der Waals surface area contributed by atoms with E-state index in [4.69, 9.17) is 0 Å². The average molecular weight is 345 g/mol. The zero-order chi connectivity index (χ0) is 17.0. The van der Waals surface area contributed by atoms with Crippen LogP contribution in [0.3, 0.4) is 0 Å². The predicted octanol–water partition coefficient (Wildman–Crippen LogP) is 4.97. The van der Waals surface area contributed by atoms with Crippen LogP contribution in [0.1, 0.15) is 33.6 Å². The van der Waals surface area contributed by atoms with Crippen LogP contribution in [0.25, 0.3) is 0 Å². The topological polar surface area (TPSA) is 52.9 Å².